The molecule has 8 heteroatoms. The Labute approximate surface area is 204 Å². The summed E-state index contributed by atoms with van der Waals surface area (Å²) in [5.74, 6) is 1.42. The highest BCUT2D eigenvalue weighted by Gasteiger charge is 2.24. The summed E-state index contributed by atoms with van der Waals surface area (Å²) in [5, 5.41) is 3.50. The number of fused-ring (bicyclic) bond motifs is 1. The number of benzene rings is 1. The molecule has 0 spiro atoms. The summed E-state index contributed by atoms with van der Waals surface area (Å²) < 4.78 is 1.71. The fourth-order valence-electron chi connectivity index (χ4n) is 4.63. The third-order valence-corrected chi connectivity index (χ3v) is 6.48. The van der Waals surface area contributed by atoms with Crippen molar-refractivity contribution in [2.75, 3.05) is 11.1 Å². The zero-order valence-electron chi connectivity index (χ0n) is 20.0. The number of nitrogens with two attached hydrogens (primary N) is 1. The average Bonchev–Trinajstić information content (AvgIpc) is 3.24. The molecule has 35 heavy (non-hydrogen) atoms. The summed E-state index contributed by atoms with van der Waals surface area (Å²) in [6, 6.07) is 15.6. The van der Waals surface area contributed by atoms with Crippen molar-refractivity contribution >= 4 is 11.6 Å². The first-order chi connectivity index (χ1) is 17.0. The number of aryl methyl sites for hydroxylation is 2. The fraction of sp³-hybridized carbons (Fsp3) is 0.259. The van der Waals surface area contributed by atoms with Gasteiger partial charge >= 0.3 is 0 Å². The molecular weight excluding hydrogens is 438 g/mol. The molecule has 0 bridgehead atoms. The number of anilines is 2. The van der Waals surface area contributed by atoms with Gasteiger partial charge in [0.05, 0.1) is 12.2 Å². The van der Waals surface area contributed by atoms with E-state index < -0.39 is 0 Å². The average molecular weight is 468 g/mol. The normalized spacial score (nSPS) is 13.1. The Kier molecular flexibility index (Phi) is 6.29. The topological polar surface area (TPSA) is 102 Å². The van der Waals surface area contributed by atoms with E-state index in [1.54, 1.807) is 23.0 Å². The zero-order chi connectivity index (χ0) is 24.4. The standard InChI is InChI=1S/C27H29N7O/c1-18-11-25(28)32-19(2)22(18)12-29-27-23-15-33(16-24(23)30-17-31-27)13-20-6-8-21(9-7-20)14-34-10-4-3-5-26(34)35/h3-11,17H,12-16H2,1-2H3,(H2,28,32)(H,29,30,31). The number of rotatable bonds is 7. The van der Waals surface area contributed by atoms with Crippen LogP contribution in [0.4, 0.5) is 11.6 Å². The third kappa shape index (κ3) is 5.07. The van der Waals surface area contributed by atoms with E-state index in [2.05, 4.69) is 56.4 Å². The van der Waals surface area contributed by atoms with Gasteiger partial charge in [0.1, 0.15) is 18.0 Å². The minimum atomic E-state index is 0.00918. The van der Waals surface area contributed by atoms with E-state index in [1.807, 2.05) is 25.3 Å². The second kappa shape index (κ2) is 9.68. The van der Waals surface area contributed by atoms with Gasteiger partial charge in [-0.15, -0.1) is 0 Å². The van der Waals surface area contributed by atoms with Crippen LogP contribution in [0.1, 0.15) is 39.2 Å². The molecule has 8 nitrogen and oxygen atoms in total. The van der Waals surface area contributed by atoms with Crippen molar-refractivity contribution in [3.8, 4) is 0 Å². The Morgan fingerprint density at radius 2 is 1.77 bits per heavy atom. The van der Waals surface area contributed by atoms with Crippen molar-refractivity contribution in [1.82, 2.24) is 24.4 Å². The van der Waals surface area contributed by atoms with Gasteiger partial charge in [-0.25, -0.2) is 15.0 Å². The van der Waals surface area contributed by atoms with Gasteiger partial charge in [0, 0.05) is 49.7 Å². The van der Waals surface area contributed by atoms with E-state index in [0.29, 0.717) is 18.9 Å². The highest BCUT2D eigenvalue weighted by atomic mass is 16.1. The van der Waals surface area contributed by atoms with Crippen LogP contribution in [-0.2, 0) is 32.7 Å². The molecule has 4 aromatic rings. The number of nitrogen functional groups attached to an aromatic ring is 1. The van der Waals surface area contributed by atoms with E-state index in [-0.39, 0.29) is 5.56 Å². The highest BCUT2D eigenvalue weighted by molar-refractivity contribution is 5.49. The smallest absolute Gasteiger partial charge is 0.250 e. The summed E-state index contributed by atoms with van der Waals surface area (Å²) in [6.45, 7) is 7.64. The predicted octanol–water partition coefficient (Wildman–Crippen LogP) is 3.41. The second-order valence-electron chi connectivity index (χ2n) is 9.06. The van der Waals surface area contributed by atoms with Crippen molar-refractivity contribution < 1.29 is 0 Å². The van der Waals surface area contributed by atoms with Crippen LogP contribution < -0.4 is 16.6 Å². The molecular formula is C27H29N7O. The molecule has 1 aliphatic rings. The summed E-state index contributed by atoms with van der Waals surface area (Å²) in [6.07, 6.45) is 3.45. The molecule has 0 saturated heterocycles. The first-order valence-electron chi connectivity index (χ1n) is 11.7. The Hall–Kier alpha value is -4.04. The van der Waals surface area contributed by atoms with Gasteiger partial charge in [0.2, 0.25) is 0 Å². The van der Waals surface area contributed by atoms with Crippen LogP contribution in [0.25, 0.3) is 0 Å². The largest absolute Gasteiger partial charge is 0.384 e. The number of nitrogens with one attached hydrogen (secondary N) is 1. The molecule has 0 fully saturated rings. The van der Waals surface area contributed by atoms with E-state index in [4.69, 9.17) is 5.73 Å². The van der Waals surface area contributed by atoms with Crippen molar-refractivity contribution in [3.63, 3.8) is 0 Å². The zero-order valence-corrected chi connectivity index (χ0v) is 20.0. The van der Waals surface area contributed by atoms with Gasteiger partial charge in [-0.05, 0) is 48.2 Å². The molecule has 0 atom stereocenters. The Balaban J connectivity index is 1.23. The van der Waals surface area contributed by atoms with E-state index in [1.165, 1.54) is 5.56 Å². The molecule has 1 aliphatic heterocycles. The minimum Gasteiger partial charge on any atom is -0.384 e. The lowest BCUT2D eigenvalue weighted by Gasteiger charge is -2.16. The summed E-state index contributed by atoms with van der Waals surface area (Å²) in [5.41, 5.74) is 13.6. The quantitative estimate of drug-likeness (QED) is 0.429. The first kappa shape index (κ1) is 22.7. The number of aromatic nitrogens is 4. The Morgan fingerprint density at radius 3 is 2.51 bits per heavy atom. The first-order valence-corrected chi connectivity index (χ1v) is 11.7. The van der Waals surface area contributed by atoms with Crippen LogP contribution in [0.15, 0.2) is 65.8 Å². The molecule has 0 saturated carbocycles. The molecule has 0 amide bonds. The lowest BCUT2D eigenvalue weighted by molar-refractivity contribution is 0.274. The lowest BCUT2D eigenvalue weighted by atomic mass is 10.1. The summed E-state index contributed by atoms with van der Waals surface area (Å²) >= 11 is 0. The molecule has 3 aromatic heterocycles. The molecule has 0 radical (unpaired) electrons. The second-order valence-corrected chi connectivity index (χ2v) is 9.06. The molecule has 4 heterocycles. The van der Waals surface area contributed by atoms with Crippen LogP contribution in [0.5, 0.6) is 0 Å². The van der Waals surface area contributed by atoms with Crippen LogP contribution in [0.2, 0.25) is 0 Å². The minimum absolute atomic E-state index is 0.00918. The lowest BCUT2D eigenvalue weighted by Crippen LogP contribution is -2.18. The molecule has 3 N–H and O–H groups in total. The van der Waals surface area contributed by atoms with Gasteiger partial charge in [-0.1, -0.05) is 30.3 Å². The summed E-state index contributed by atoms with van der Waals surface area (Å²) in [4.78, 5) is 27.8. The predicted molar refractivity (Wildman–Crippen MR) is 137 cm³/mol. The molecule has 0 aliphatic carbocycles. The van der Waals surface area contributed by atoms with Crippen LogP contribution in [0.3, 0.4) is 0 Å². The van der Waals surface area contributed by atoms with Crippen molar-refractivity contribution in [3.05, 3.63) is 111 Å². The molecule has 0 unspecified atom stereocenters. The number of hydrogen-bond acceptors (Lipinski definition) is 7. The van der Waals surface area contributed by atoms with Gasteiger partial charge in [0.25, 0.3) is 5.56 Å². The number of hydrogen-bond donors (Lipinski definition) is 2. The van der Waals surface area contributed by atoms with Gasteiger partial charge in [0.15, 0.2) is 0 Å². The van der Waals surface area contributed by atoms with Crippen LogP contribution >= 0.6 is 0 Å². The maximum Gasteiger partial charge on any atom is 0.250 e. The Morgan fingerprint density at radius 1 is 1.00 bits per heavy atom. The number of pyridine rings is 2. The fourth-order valence-corrected chi connectivity index (χ4v) is 4.63. The number of nitrogens with zero attached hydrogens (tertiary/aromatic N) is 5. The third-order valence-electron chi connectivity index (χ3n) is 6.48. The monoisotopic (exact) mass is 467 g/mol. The van der Waals surface area contributed by atoms with Gasteiger partial charge < -0.3 is 15.6 Å². The van der Waals surface area contributed by atoms with Gasteiger partial charge in [-0.2, -0.15) is 0 Å². The van der Waals surface area contributed by atoms with Crippen LogP contribution in [0, 0.1) is 13.8 Å². The SMILES string of the molecule is Cc1cc(N)nc(C)c1CNc1ncnc2c1CN(Cc1ccc(Cn3ccccc3=O)cc1)C2. The Bertz CT molecular complexity index is 1390. The van der Waals surface area contributed by atoms with Crippen LogP contribution in [-0.4, -0.2) is 24.4 Å². The van der Waals surface area contributed by atoms with E-state index in [9.17, 15) is 4.79 Å². The van der Waals surface area contributed by atoms with Crippen molar-refractivity contribution in [1.29, 1.82) is 0 Å². The van der Waals surface area contributed by atoms with E-state index >= 15 is 0 Å². The molecule has 5 rings (SSSR count). The van der Waals surface area contributed by atoms with Crippen molar-refractivity contribution in [2.24, 2.45) is 0 Å². The summed E-state index contributed by atoms with van der Waals surface area (Å²) in [7, 11) is 0. The highest BCUT2D eigenvalue weighted by Crippen LogP contribution is 2.28. The molecule has 1 aromatic carbocycles. The maximum atomic E-state index is 12.0. The maximum absolute atomic E-state index is 12.0. The van der Waals surface area contributed by atoms with Crippen molar-refractivity contribution in [2.45, 2.75) is 46.6 Å². The van der Waals surface area contributed by atoms with Gasteiger partial charge in [-0.3, -0.25) is 9.69 Å². The van der Waals surface area contributed by atoms with E-state index in [0.717, 1.165) is 59.1 Å². The molecule has 178 valence electrons.